The average molecular weight is 184 g/mol. The third-order valence-electron chi connectivity index (χ3n) is 2.28. The Hall–Kier alpha value is -0.860. The van der Waals surface area contributed by atoms with Crippen LogP contribution in [0.5, 0.6) is 0 Å². The lowest BCUT2D eigenvalue weighted by molar-refractivity contribution is -0.157. The van der Waals surface area contributed by atoms with Crippen molar-refractivity contribution >= 4 is 12.3 Å². The number of rotatable bonds is 2. The Labute approximate surface area is 78.5 Å². The Morgan fingerprint density at radius 1 is 1.38 bits per heavy atom. The van der Waals surface area contributed by atoms with Crippen molar-refractivity contribution in [2.45, 2.75) is 33.3 Å². The van der Waals surface area contributed by atoms with Crippen LogP contribution in [0.2, 0.25) is 0 Å². The molecule has 3 heteroatoms. The van der Waals surface area contributed by atoms with Crippen LogP contribution in [-0.4, -0.2) is 17.9 Å². The molecule has 1 aliphatic carbocycles. The summed E-state index contributed by atoms with van der Waals surface area (Å²) < 4.78 is 5.17. The topological polar surface area (TPSA) is 43.4 Å². The molecule has 0 bridgehead atoms. The number of aldehydes is 1. The molecule has 0 aromatic carbocycles. The summed E-state index contributed by atoms with van der Waals surface area (Å²) in [5.74, 6) is -0.393. The van der Waals surface area contributed by atoms with E-state index in [1.165, 1.54) is 0 Å². The zero-order valence-electron chi connectivity index (χ0n) is 8.53. The molecule has 0 saturated heterocycles. The van der Waals surface area contributed by atoms with E-state index >= 15 is 0 Å². The van der Waals surface area contributed by atoms with Crippen molar-refractivity contribution in [3.05, 3.63) is 0 Å². The van der Waals surface area contributed by atoms with Crippen LogP contribution < -0.4 is 0 Å². The Kier molecular flexibility index (Phi) is 2.46. The van der Waals surface area contributed by atoms with Crippen molar-refractivity contribution in [1.29, 1.82) is 0 Å². The van der Waals surface area contributed by atoms with Gasteiger partial charge in [-0.05, 0) is 26.7 Å². The quantitative estimate of drug-likeness (QED) is 0.481. The highest BCUT2D eigenvalue weighted by atomic mass is 16.6. The number of hydrogen-bond donors (Lipinski definition) is 0. The second-order valence-corrected chi connectivity index (χ2v) is 4.63. The monoisotopic (exact) mass is 184 g/mol. The minimum absolute atomic E-state index is 0.116. The van der Waals surface area contributed by atoms with Crippen LogP contribution in [0, 0.1) is 17.8 Å². The Bertz CT molecular complexity index is 227. The fourth-order valence-corrected chi connectivity index (χ4v) is 1.44. The third kappa shape index (κ3) is 2.29. The first-order valence-electron chi connectivity index (χ1n) is 4.55. The summed E-state index contributed by atoms with van der Waals surface area (Å²) in [5.41, 5.74) is -0.452. The van der Waals surface area contributed by atoms with E-state index in [0.717, 1.165) is 6.29 Å². The fraction of sp³-hybridized carbons (Fsp3) is 0.800. The summed E-state index contributed by atoms with van der Waals surface area (Å²) in [7, 11) is 0. The summed E-state index contributed by atoms with van der Waals surface area (Å²) >= 11 is 0. The molecule has 0 heterocycles. The molecule has 1 fully saturated rings. The van der Waals surface area contributed by atoms with Crippen molar-refractivity contribution in [3.63, 3.8) is 0 Å². The second-order valence-electron chi connectivity index (χ2n) is 4.63. The minimum Gasteiger partial charge on any atom is -0.460 e. The molecule has 1 aliphatic rings. The van der Waals surface area contributed by atoms with E-state index in [1.807, 2.05) is 27.7 Å². The van der Waals surface area contributed by atoms with E-state index in [4.69, 9.17) is 4.74 Å². The highest BCUT2D eigenvalue weighted by Gasteiger charge is 2.53. The van der Waals surface area contributed by atoms with Gasteiger partial charge in [-0.15, -0.1) is 0 Å². The average Bonchev–Trinajstić information content (AvgIpc) is 2.57. The molecule has 1 saturated carbocycles. The van der Waals surface area contributed by atoms with Gasteiger partial charge in [-0.25, -0.2) is 0 Å². The van der Waals surface area contributed by atoms with E-state index in [2.05, 4.69) is 0 Å². The van der Waals surface area contributed by atoms with E-state index in [9.17, 15) is 9.59 Å². The molecule has 0 aromatic heterocycles. The molecule has 0 unspecified atom stereocenters. The molecule has 0 aromatic rings. The molecule has 0 aliphatic heterocycles. The van der Waals surface area contributed by atoms with Crippen LogP contribution in [0.3, 0.4) is 0 Å². The Morgan fingerprint density at radius 2 is 1.92 bits per heavy atom. The second kappa shape index (κ2) is 3.13. The third-order valence-corrected chi connectivity index (χ3v) is 2.28. The first-order chi connectivity index (χ1) is 5.87. The molecule has 0 radical (unpaired) electrons. The molecule has 74 valence electrons. The number of carbonyl (C=O) groups excluding carboxylic acids is 2. The summed E-state index contributed by atoms with van der Waals surface area (Å²) in [6.07, 6.45) is 0.846. The van der Waals surface area contributed by atoms with Gasteiger partial charge >= 0.3 is 5.97 Å². The van der Waals surface area contributed by atoms with E-state index in [1.54, 1.807) is 0 Å². The smallest absolute Gasteiger partial charge is 0.310 e. The van der Waals surface area contributed by atoms with Gasteiger partial charge in [-0.2, -0.15) is 0 Å². The largest absolute Gasteiger partial charge is 0.460 e. The normalized spacial score (nSPS) is 32.5. The fourth-order valence-electron chi connectivity index (χ4n) is 1.44. The first kappa shape index (κ1) is 10.2. The van der Waals surface area contributed by atoms with E-state index < -0.39 is 5.60 Å². The molecule has 0 N–H and O–H groups in total. The van der Waals surface area contributed by atoms with Gasteiger partial charge in [-0.1, -0.05) is 6.92 Å². The van der Waals surface area contributed by atoms with Crippen LogP contribution >= 0.6 is 0 Å². The summed E-state index contributed by atoms with van der Waals surface area (Å²) in [6.45, 7) is 7.38. The van der Waals surface area contributed by atoms with Gasteiger partial charge in [0.2, 0.25) is 0 Å². The molecule has 13 heavy (non-hydrogen) atoms. The molecular weight excluding hydrogens is 168 g/mol. The first-order valence-corrected chi connectivity index (χ1v) is 4.55. The maximum absolute atomic E-state index is 11.4. The predicted molar refractivity (Wildman–Crippen MR) is 48.1 cm³/mol. The van der Waals surface area contributed by atoms with Gasteiger partial charge in [0, 0.05) is 5.92 Å². The highest BCUT2D eigenvalue weighted by Crippen LogP contribution is 2.45. The maximum Gasteiger partial charge on any atom is 0.310 e. The molecule has 0 amide bonds. The van der Waals surface area contributed by atoms with Gasteiger partial charge in [0.1, 0.15) is 11.9 Å². The van der Waals surface area contributed by atoms with Crippen molar-refractivity contribution in [1.82, 2.24) is 0 Å². The molecule has 0 spiro atoms. The van der Waals surface area contributed by atoms with Crippen LogP contribution in [0.1, 0.15) is 27.7 Å². The maximum atomic E-state index is 11.4. The van der Waals surface area contributed by atoms with Gasteiger partial charge in [0.15, 0.2) is 0 Å². The van der Waals surface area contributed by atoms with Crippen LogP contribution in [0.15, 0.2) is 0 Å². The predicted octanol–water partition coefficient (Wildman–Crippen LogP) is 1.41. The Morgan fingerprint density at radius 3 is 2.23 bits per heavy atom. The van der Waals surface area contributed by atoms with Crippen LogP contribution in [-0.2, 0) is 14.3 Å². The van der Waals surface area contributed by atoms with Crippen molar-refractivity contribution < 1.29 is 14.3 Å². The van der Waals surface area contributed by atoms with Crippen molar-refractivity contribution in [2.75, 3.05) is 0 Å². The number of esters is 1. The summed E-state index contributed by atoms with van der Waals surface area (Å²) in [4.78, 5) is 21.9. The number of hydrogen-bond acceptors (Lipinski definition) is 3. The molecule has 3 nitrogen and oxygen atoms in total. The lowest BCUT2D eigenvalue weighted by atomic mass is 10.2. The lowest BCUT2D eigenvalue weighted by Crippen LogP contribution is -2.25. The van der Waals surface area contributed by atoms with E-state index in [-0.39, 0.29) is 23.7 Å². The van der Waals surface area contributed by atoms with Crippen LogP contribution in [0.25, 0.3) is 0 Å². The Balaban J connectivity index is 2.48. The van der Waals surface area contributed by atoms with Crippen LogP contribution in [0.4, 0.5) is 0 Å². The van der Waals surface area contributed by atoms with Gasteiger partial charge in [0.05, 0.1) is 5.92 Å². The minimum atomic E-state index is -0.452. The zero-order valence-corrected chi connectivity index (χ0v) is 8.53. The van der Waals surface area contributed by atoms with Crippen molar-refractivity contribution in [3.8, 4) is 0 Å². The molecule has 1 rings (SSSR count). The van der Waals surface area contributed by atoms with Gasteiger partial charge < -0.3 is 9.53 Å². The number of ether oxygens (including phenoxy) is 1. The van der Waals surface area contributed by atoms with Crippen molar-refractivity contribution in [2.24, 2.45) is 17.8 Å². The lowest BCUT2D eigenvalue weighted by Gasteiger charge is -2.19. The summed E-state index contributed by atoms with van der Waals surface area (Å²) in [6, 6.07) is 0. The number of carbonyl (C=O) groups is 2. The van der Waals surface area contributed by atoms with E-state index in [0.29, 0.717) is 0 Å². The summed E-state index contributed by atoms with van der Waals surface area (Å²) in [5, 5.41) is 0. The molecule has 3 atom stereocenters. The molecular formula is C10H16O3. The van der Waals surface area contributed by atoms with Gasteiger partial charge in [-0.3, -0.25) is 4.79 Å². The standard InChI is InChI=1S/C10H16O3/c1-6-7(5-11)8(6)9(12)13-10(2,3)4/h5-8H,1-4H3/t6-,7+,8+/m1/s1. The highest BCUT2D eigenvalue weighted by molar-refractivity contribution is 5.82. The SMILES string of the molecule is C[C@@H]1[C@H](C=O)[C@H]1C(=O)OC(C)(C)C. The zero-order chi connectivity index (χ0) is 10.2. The van der Waals surface area contributed by atoms with Gasteiger partial charge in [0.25, 0.3) is 0 Å².